The first-order valence-electron chi connectivity index (χ1n) is 11.5. The molecule has 4 rings (SSSR count). The van der Waals surface area contributed by atoms with Gasteiger partial charge in [0.05, 0.1) is 20.9 Å². The molecule has 3 heterocycles. The van der Waals surface area contributed by atoms with Gasteiger partial charge in [-0.3, -0.25) is 4.90 Å². The van der Waals surface area contributed by atoms with Crippen LogP contribution in [-0.2, 0) is 4.74 Å². The van der Waals surface area contributed by atoms with Gasteiger partial charge in [0.1, 0.15) is 5.60 Å². The molecule has 2 aliphatic rings. The highest BCUT2D eigenvalue weighted by atomic mass is 32.1. The monoisotopic (exact) mass is 441 g/mol. The Balaban J connectivity index is 1.58. The van der Waals surface area contributed by atoms with Crippen LogP contribution in [0.25, 0.3) is 15.9 Å². The minimum Gasteiger partial charge on any atom is -0.443 e. The van der Waals surface area contributed by atoms with Gasteiger partial charge in [-0.2, -0.15) is 0 Å². The van der Waals surface area contributed by atoms with E-state index in [1.54, 1.807) is 16.2 Å². The molecule has 0 saturated carbocycles. The van der Waals surface area contributed by atoms with Crippen molar-refractivity contribution in [3.63, 3.8) is 0 Å². The standard InChI is InChI=1S/C25H35N3O2S/c1-17-8-10-21(28(15-17)24(29)30-25(3,4)5)19-9-11-22-20(14-19)26-23(31-22)18(2)16-27-12-6-7-13-27/h9-11,14,17-18H,6-8,12-13,15-16H2,1-5H3/t17-,18-/m0/s1. The first-order chi connectivity index (χ1) is 14.7. The van der Waals surface area contributed by atoms with Crippen molar-refractivity contribution in [2.24, 2.45) is 5.92 Å². The van der Waals surface area contributed by atoms with E-state index in [9.17, 15) is 4.79 Å². The van der Waals surface area contributed by atoms with Crippen LogP contribution in [0.15, 0.2) is 24.3 Å². The number of carbonyl (C=O) groups is 1. The maximum Gasteiger partial charge on any atom is 0.414 e. The van der Waals surface area contributed by atoms with E-state index in [0.717, 1.165) is 29.7 Å². The number of carbonyl (C=O) groups excluding carboxylic acids is 1. The number of amides is 1. The number of likely N-dealkylation sites (tertiary alicyclic amines) is 1. The number of allylic oxidation sites excluding steroid dienone is 1. The second-order valence-corrected chi connectivity index (χ2v) is 11.2. The van der Waals surface area contributed by atoms with Gasteiger partial charge < -0.3 is 9.64 Å². The Kier molecular flexibility index (Phi) is 6.40. The van der Waals surface area contributed by atoms with Crippen LogP contribution in [0.1, 0.15) is 70.4 Å². The molecule has 1 saturated heterocycles. The molecule has 0 aliphatic carbocycles. The number of benzene rings is 1. The lowest BCUT2D eigenvalue weighted by molar-refractivity contribution is 0.0327. The van der Waals surface area contributed by atoms with Gasteiger partial charge in [-0.05, 0) is 71.2 Å². The van der Waals surface area contributed by atoms with Crippen LogP contribution in [0, 0.1) is 5.92 Å². The third kappa shape index (κ3) is 5.29. The number of ether oxygens (including phenoxy) is 1. The zero-order valence-corrected chi connectivity index (χ0v) is 20.3. The molecule has 0 bridgehead atoms. The molecule has 1 amide bonds. The van der Waals surface area contributed by atoms with Crippen molar-refractivity contribution in [1.29, 1.82) is 0 Å². The van der Waals surface area contributed by atoms with Crippen molar-refractivity contribution in [3.8, 4) is 0 Å². The molecular formula is C25H35N3O2S. The third-order valence-corrected chi connectivity index (χ3v) is 7.23. The fraction of sp³-hybridized carbons (Fsp3) is 0.600. The SMILES string of the molecule is C[C@H]1CC=C(c2ccc3sc([C@@H](C)CN4CCCC4)nc3c2)N(C(=O)OC(C)(C)C)C1. The predicted octanol–water partition coefficient (Wildman–Crippen LogP) is 6.11. The third-order valence-electron chi connectivity index (χ3n) is 5.96. The van der Waals surface area contributed by atoms with Gasteiger partial charge in [0.25, 0.3) is 0 Å². The molecule has 1 fully saturated rings. The summed E-state index contributed by atoms with van der Waals surface area (Å²) in [5.74, 6) is 0.851. The van der Waals surface area contributed by atoms with Crippen molar-refractivity contribution >= 4 is 33.3 Å². The highest BCUT2D eigenvalue weighted by molar-refractivity contribution is 7.18. The Morgan fingerprint density at radius 2 is 2.03 bits per heavy atom. The summed E-state index contributed by atoms with van der Waals surface area (Å²) < 4.78 is 6.90. The van der Waals surface area contributed by atoms with E-state index >= 15 is 0 Å². The van der Waals surface area contributed by atoms with E-state index in [1.807, 2.05) is 20.8 Å². The summed E-state index contributed by atoms with van der Waals surface area (Å²) in [6, 6.07) is 6.41. The van der Waals surface area contributed by atoms with E-state index in [0.29, 0.717) is 18.4 Å². The number of rotatable bonds is 4. The topological polar surface area (TPSA) is 45.7 Å². The van der Waals surface area contributed by atoms with Crippen molar-refractivity contribution < 1.29 is 9.53 Å². The second kappa shape index (κ2) is 8.91. The zero-order chi connectivity index (χ0) is 22.2. The van der Waals surface area contributed by atoms with Crippen LogP contribution in [0.4, 0.5) is 4.79 Å². The van der Waals surface area contributed by atoms with Crippen LogP contribution < -0.4 is 0 Å². The van der Waals surface area contributed by atoms with Crippen molar-refractivity contribution in [2.75, 3.05) is 26.2 Å². The summed E-state index contributed by atoms with van der Waals surface area (Å²) in [5, 5.41) is 1.20. The zero-order valence-electron chi connectivity index (χ0n) is 19.5. The molecule has 31 heavy (non-hydrogen) atoms. The average molecular weight is 442 g/mol. The van der Waals surface area contributed by atoms with Gasteiger partial charge in [-0.15, -0.1) is 11.3 Å². The molecule has 168 valence electrons. The Morgan fingerprint density at radius 1 is 1.29 bits per heavy atom. The summed E-state index contributed by atoms with van der Waals surface area (Å²) in [6.07, 6.45) is 5.49. The lowest BCUT2D eigenvalue weighted by Crippen LogP contribution is -2.39. The van der Waals surface area contributed by atoms with Gasteiger partial charge in [-0.1, -0.05) is 26.0 Å². The van der Waals surface area contributed by atoms with Crippen LogP contribution in [0.3, 0.4) is 0 Å². The molecule has 6 heteroatoms. The summed E-state index contributed by atoms with van der Waals surface area (Å²) in [5.41, 5.74) is 2.49. The smallest absolute Gasteiger partial charge is 0.414 e. The van der Waals surface area contributed by atoms with Gasteiger partial charge in [0.15, 0.2) is 0 Å². The molecular weight excluding hydrogens is 406 g/mol. The maximum atomic E-state index is 12.9. The quantitative estimate of drug-likeness (QED) is 0.574. The number of aromatic nitrogens is 1. The summed E-state index contributed by atoms with van der Waals surface area (Å²) in [6.45, 7) is 14.4. The minimum atomic E-state index is -0.512. The van der Waals surface area contributed by atoms with Crippen molar-refractivity contribution in [1.82, 2.24) is 14.8 Å². The fourth-order valence-corrected chi connectivity index (χ4v) is 5.41. The van der Waals surface area contributed by atoms with Crippen molar-refractivity contribution in [3.05, 3.63) is 34.8 Å². The molecule has 2 aliphatic heterocycles. The van der Waals surface area contributed by atoms with Gasteiger partial charge in [0, 0.05) is 24.6 Å². The summed E-state index contributed by atoms with van der Waals surface area (Å²) in [4.78, 5) is 22.2. The van der Waals surface area contributed by atoms with E-state index in [1.165, 1.54) is 35.6 Å². The molecule has 1 aromatic carbocycles. The van der Waals surface area contributed by atoms with E-state index in [4.69, 9.17) is 9.72 Å². The van der Waals surface area contributed by atoms with Crippen LogP contribution in [-0.4, -0.2) is 52.7 Å². The number of nitrogens with zero attached hydrogens (tertiary/aromatic N) is 3. The average Bonchev–Trinajstić information content (AvgIpc) is 3.35. The van der Waals surface area contributed by atoms with Gasteiger partial charge in [0.2, 0.25) is 0 Å². The largest absolute Gasteiger partial charge is 0.443 e. The van der Waals surface area contributed by atoms with E-state index in [-0.39, 0.29) is 6.09 Å². The Bertz CT molecular complexity index is 969. The first kappa shape index (κ1) is 22.3. The Hall–Kier alpha value is -1.92. The van der Waals surface area contributed by atoms with Crippen LogP contribution >= 0.6 is 11.3 Å². The van der Waals surface area contributed by atoms with E-state index < -0.39 is 5.60 Å². The van der Waals surface area contributed by atoms with Crippen LogP contribution in [0.5, 0.6) is 0 Å². The minimum absolute atomic E-state index is 0.274. The highest BCUT2D eigenvalue weighted by Crippen LogP contribution is 2.34. The predicted molar refractivity (Wildman–Crippen MR) is 128 cm³/mol. The molecule has 2 atom stereocenters. The number of hydrogen-bond donors (Lipinski definition) is 0. The lowest BCUT2D eigenvalue weighted by atomic mass is 9.98. The van der Waals surface area contributed by atoms with Crippen molar-refractivity contribution in [2.45, 2.75) is 65.4 Å². The lowest BCUT2D eigenvalue weighted by Gasteiger charge is -2.33. The van der Waals surface area contributed by atoms with E-state index in [2.05, 4.69) is 43.0 Å². The Labute approximate surface area is 190 Å². The Morgan fingerprint density at radius 3 is 2.74 bits per heavy atom. The van der Waals surface area contributed by atoms with Crippen LogP contribution in [0.2, 0.25) is 0 Å². The molecule has 5 nitrogen and oxygen atoms in total. The number of hydrogen-bond acceptors (Lipinski definition) is 5. The second-order valence-electron chi connectivity index (χ2n) is 10.2. The molecule has 2 aromatic rings. The molecule has 1 aromatic heterocycles. The molecule has 0 unspecified atom stereocenters. The fourth-order valence-electron chi connectivity index (χ4n) is 4.42. The molecule has 0 spiro atoms. The van der Waals surface area contributed by atoms with Gasteiger partial charge in [-0.25, -0.2) is 9.78 Å². The summed E-state index contributed by atoms with van der Waals surface area (Å²) >= 11 is 1.80. The number of thiazole rings is 1. The highest BCUT2D eigenvalue weighted by Gasteiger charge is 2.29. The normalized spacial score (nSPS) is 21.4. The summed E-state index contributed by atoms with van der Waals surface area (Å²) in [7, 11) is 0. The maximum absolute atomic E-state index is 12.9. The number of fused-ring (bicyclic) bond motifs is 1. The van der Waals surface area contributed by atoms with Gasteiger partial charge >= 0.3 is 6.09 Å². The first-order valence-corrected chi connectivity index (χ1v) is 12.3. The molecule has 0 N–H and O–H groups in total. The molecule has 0 radical (unpaired) electrons.